The van der Waals surface area contributed by atoms with Crippen LogP contribution in [0.1, 0.15) is 35.2 Å². The average Bonchev–Trinajstić information content (AvgIpc) is 2.89. The molecule has 0 spiro atoms. The Hall–Kier alpha value is -1.15. The number of benzene rings is 1. The highest BCUT2D eigenvalue weighted by atomic mass is 16.1. The van der Waals surface area contributed by atoms with E-state index >= 15 is 0 Å². The van der Waals surface area contributed by atoms with E-state index in [1.165, 1.54) is 19.3 Å². The smallest absolute Gasteiger partial charge is 0.168 e. The highest BCUT2D eigenvalue weighted by molar-refractivity contribution is 6.00. The van der Waals surface area contributed by atoms with Gasteiger partial charge in [0.05, 0.1) is 0 Å². The maximum absolute atomic E-state index is 12.6. The van der Waals surface area contributed by atoms with E-state index in [1.807, 2.05) is 31.2 Å². The molecule has 2 fully saturated rings. The molecule has 0 aliphatic heterocycles. The van der Waals surface area contributed by atoms with Crippen molar-refractivity contribution in [3.8, 4) is 0 Å². The SMILES string of the molecule is Cc1ccccc1C(=O)C1C2CCC(C2)C1N. The van der Waals surface area contributed by atoms with E-state index in [4.69, 9.17) is 5.73 Å². The molecule has 2 N–H and O–H groups in total. The highest BCUT2D eigenvalue weighted by Crippen LogP contribution is 2.48. The first kappa shape index (κ1) is 11.0. The van der Waals surface area contributed by atoms with Crippen molar-refractivity contribution in [2.75, 3.05) is 0 Å². The molecule has 17 heavy (non-hydrogen) atoms. The maximum atomic E-state index is 12.6. The van der Waals surface area contributed by atoms with Crippen molar-refractivity contribution in [1.82, 2.24) is 0 Å². The number of fused-ring (bicyclic) bond motifs is 2. The predicted molar refractivity (Wildman–Crippen MR) is 67.8 cm³/mol. The van der Waals surface area contributed by atoms with Gasteiger partial charge >= 0.3 is 0 Å². The summed E-state index contributed by atoms with van der Waals surface area (Å²) in [4.78, 5) is 12.6. The topological polar surface area (TPSA) is 43.1 Å². The molecule has 2 nitrogen and oxygen atoms in total. The molecule has 2 aliphatic carbocycles. The molecule has 1 aromatic rings. The maximum Gasteiger partial charge on any atom is 0.168 e. The molecule has 2 saturated carbocycles. The average molecular weight is 229 g/mol. The zero-order valence-electron chi connectivity index (χ0n) is 10.2. The van der Waals surface area contributed by atoms with Gasteiger partial charge in [-0.05, 0) is 43.6 Å². The van der Waals surface area contributed by atoms with Gasteiger partial charge in [0.1, 0.15) is 0 Å². The van der Waals surface area contributed by atoms with E-state index in [2.05, 4.69) is 0 Å². The minimum Gasteiger partial charge on any atom is -0.327 e. The summed E-state index contributed by atoms with van der Waals surface area (Å²) < 4.78 is 0. The van der Waals surface area contributed by atoms with Crippen molar-refractivity contribution < 1.29 is 4.79 Å². The molecule has 4 unspecified atom stereocenters. The fourth-order valence-electron chi connectivity index (χ4n) is 3.75. The quantitative estimate of drug-likeness (QED) is 0.792. The van der Waals surface area contributed by atoms with E-state index in [0.29, 0.717) is 11.8 Å². The Labute approximate surface area is 102 Å². The number of nitrogens with two attached hydrogens (primary N) is 1. The lowest BCUT2D eigenvalue weighted by Gasteiger charge is -2.27. The molecule has 4 atom stereocenters. The first-order valence-corrected chi connectivity index (χ1v) is 6.54. The lowest BCUT2D eigenvalue weighted by atomic mass is 9.79. The van der Waals surface area contributed by atoms with Gasteiger partial charge in [-0.2, -0.15) is 0 Å². The molecule has 2 heteroatoms. The summed E-state index contributed by atoms with van der Waals surface area (Å²) in [5.74, 6) is 1.50. The van der Waals surface area contributed by atoms with Crippen LogP contribution in [0.5, 0.6) is 0 Å². The van der Waals surface area contributed by atoms with Crippen LogP contribution < -0.4 is 5.73 Å². The Kier molecular flexibility index (Phi) is 2.55. The molecule has 0 aromatic heterocycles. The van der Waals surface area contributed by atoms with E-state index in [1.54, 1.807) is 0 Å². The normalized spacial score (nSPS) is 35.2. The van der Waals surface area contributed by atoms with Crippen molar-refractivity contribution >= 4 is 5.78 Å². The number of ketones is 1. The van der Waals surface area contributed by atoms with Crippen molar-refractivity contribution in [2.24, 2.45) is 23.5 Å². The van der Waals surface area contributed by atoms with Crippen LogP contribution >= 0.6 is 0 Å². The third-order valence-electron chi connectivity index (χ3n) is 4.69. The van der Waals surface area contributed by atoms with Crippen LogP contribution in [0.25, 0.3) is 0 Å². The van der Waals surface area contributed by atoms with Crippen LogP contribution in [0.15, 0.2) is 24.3 Å². The lowest BCUT2D eigenvalue weighted by molar-refractivity contribution is 0.0855. The molecule has 1 aromatic carbocycles. The van der Waals surface area contributed by atoms with Crippen molar-refractivity contribution in [3.63, 3.8) is 0 Å². The summed E-state index contributed by atoms with van der Waals surface area (Å²) in [6.07, 6.45) is 3.59. The standard InChI is InChI=1S/C15H19NO/c1-9-4-2-3-5-12(9)15(17)13-10-6-7-11(8-10)14(13)16/h2-5,10-11,13-14H,6-8,16H2,1H3. The number of rotatable bonds is 2. The molecular formula is C15H19NO. The summed E-state index contributed by atoms with van der Waals surface area (Å²) in [7, 11) is 0. The summed E-state index contributed by atoms with van der Waals surface area (Å²) >= 11 is 0. The van der Waals surface area contributed by atoms with Gasteiger partial charge in [-0.3, -0.25) is 4.79 Å². The zero-order valence-corrected chi connectivity index (χ0v) is 10.2. The van der Waals surface area contributed by atoms with Gasteiger partial charge in [-0.15, -0.1) is 0 Å². The second kappa shape index (κ2) is 3.95. The van der Waals surface area contributed by atoms with E-state index in [-0.39, 0.29) is 17.7 Å². The monoisotopic (exact) mass is 229 g/mol. The summed E-state index contributed by atoms with van der Waals surface area (Å²) in [5, 5.41) is 0. The van der Waals surface area contributed by atoms with Gasteiger partial charge in [-0.1, -0.05) is 24.3 Å². The van der Waals surface area contributed by atoms with Gasteiger partial charge in [-0.25, -0.2) is 0 Å². The second-order valence-electron chi connectivity index (χ2n) is 5.62. The number of hydrogen-bond donors (Lipinski definition) is 1. The molecule has 0 saturated heterocycles. The Morgan fingerprint density at radius 2 is 1.94 bits per heavy atom. The fraction of sp³-hybridized carbons (Fsp3) is 0.533. The summed E-state index contributed by atoms with van der Waals surface area (Å²) in [5.41, 5.74) is 8.18. The number of carbonyl (C=O) groups is 1. The van der Waals surface area contributed by atoms with Gasteiger partial charge < -0.3 is 5.73 Å². The number of aryl methyl sites for hydroxylation is 1. The van der Waals surface area contributed by atoms with Crippen LogP contribution in [0.3, 0.4) is 0 Å². The minimum atomic E-state index is 0.0786. The molecule has 90 valence electrons. The Balaban J connectivity index is 1.91. The van der Waals surface area contributed by atoms with Gasteiger partial charge in [0.2, 0.25) is 0 Å². The first-order chi connectivity index (χ1) is 8.18. The van der Waals surface area contributed by atoms with Gasteiger partial charge in [0.25, 0.3) is 0 Å². The predicted octanol–water partition coefficient (Wildman–Crippen LogP) is 2.55. The van der Waals surface area contributed by atoms with Crippen LogP contribution in [0.2, 0.25) is 0 Å². The Morgan fingerprint density at radius 3 is 2.59 bits per heavy atom. The number of Topliss-reactive ketones (excluding diaryl/α,β-unsaturated/α-hetero) is 1. The Morgan fingerprint density at radius 1 is 1.24 bits per heavy atom. The Bertz CT molecular complexity index is 452. The zero-order chi connectivity index (χ0) is 12.0. The van der Waals surface area contributed by atoms with Crippen LogP contribution in [0, 0.1) is 24.7 Å². The van der Waals surface area contributed by atoms with E-state index < -0.39 is 0 Å². The summed E-state index contributed by atoms with van der Waals surface area (Å²) in [6, 6.07) is 7.97. The largest absolute Gasteiger partial charge is 0.327 e. The third kappa shape index (κ3) is 1.62. The highest BCUT2D eigenvalue weighted by Gasteiger charge is 2.49. The number of carbonyl (C=O) groups excluding carboxylic acids is 1. The van der Waals surface area contributed by atoms with Crippen molar-refractivity contribution in [3.05, 3.63) is 35.4 Å². The molecule has 2 bridgehead atoms. The van der Waals surface area contributed by atoms with Gasteiger partial charge in [0, 0.05) is 17.5 Å². The third-order valence-corrected chi connectivity index (χ3v) is 4.69. The van der Waals surface area contributed by atoms with Crippen molar-refractivity contribution in [1.29, 1.82) is 0 Å². The van der Waals surface area contributed by atoms with Crippen LogP contribution in [-0.2, 0) is 0 Å². The molecule has 0 heterocycles. The van der Waals surface area contributed by atoms with Crippen LogP contribution in [0.4, 0.5) is 0 Å². The lowest BCUT2D eigenvalue weighted by Crippen LogP contribution is -2.40. The molecule has 3 rings (SSSR count). The van der Waals surface area contributed by atoms with Crippen LogP contribution in [-0.4, -0.2) is 11.8 Å². The van der Waals surface area contributed by atoms with E-state index in [9.17, 15) is 4.79 Å². The second-order valence-corrected chi connectivity index (χ2v) is 5.62. The summed E-state index contributed by atoms with van der Waals surface area (Å²) in [6.45, 7) is 2.01. The molecule has 0 amide bonds. The van der Waals surface area contributed by atoms with Gasteiger partial charge in [0.15, 0.2) is 5.78 Å². The first-order valence-electron chi connectivity index (χ1n) is 6.54. The van der Waals surface area contributed by atoms with Crippen molar-refractivity contribution in [2.45, 2.75) is 32.2 Å². The van der Waals surface area contributed by atoms with E-state index in [0.717, 1.165) is 11.1 Å². The number of hydrogen-bond acceptors (Lipinski definition) is 2. The molecule has 2 aliphatic rings. The minimum absolute atomic E-state index is 0.0786. The fourth-order valence-corrected chi connectivity index (χ4v) is 3.75. The molecular weight excluding hydrogens is 210 g/mol. The molecule has 0 radical (unpaired) electrons.